The molecule has 0 radical (unpaired) electrons. The lowest BCUT2D eigenvalue weighted by molar-refractivity contribution is -0.0837. The number of hydrogen-bond acceptors (Lipinski definition) is 5. The SMILES string of the molecule is Cc1cc(N(C)C[C@@H]2COCCO2)nc(-c2ccccc2)n1. The van der Waals surface area contributed by atoms with E-state index in [1.807, 2.05) is 50.4 Å². The van der Waals surface area contributed by atoms with E-state index in [0.29, 0.717) is 19.8 Å². The zero-order chi connectivity index (χ0) is 15.4. The monoisotopic (exact) mass is 299 g/mol. The van der Waals surface area contributed by atoms with E-state index in [1.54, 1.807) is 0 Å². The number of rotatable bonds is 4. The number of ether oxygens (including phenoxy) is 2. The van der Waals surface area contributed by atoms with Gasteiger partial charge in [0, 0.05) is 30.9 Å². The Hall–Kier alpha value is -1.98. The molecule has 1 atom stereocenters. The van der Waals surface area contributed by atoms with Gasteiger partial charge in [-0.2, -0.15) is 0 Å². The Morgan fingerprint density at radius 3 is 2.73 bits per heavy atom. The normalized spacial score (nSPS) is 18.2. The van der Waals surface area contributed by atoms with Crippen LogP contribution in [0.3, 0.4) is 0 Å². The number of benzene rings is 1. The van der Waals surface area contributed by atoms with Crippen molar-refractivity contribution in [2.24, 2.45) is 0 Å². The van der Waals surface area contributed by atoms with Gasteiger partial charge in [0.2, 0.25) is 0 Å². The predicted octanol–water partition coefficient (Wildman–Crippen LogP) is 2.30. The Morgan fingerprint density at radius 1 is 1.18 bits per heavy atom. The number of likely N-dealkylation sites (N-methyl/N-ethyl adjacent to an activating group) is 1. The molecule has 5 heteroatoms. The maximum absolute atomic E-state index is 5.71. The standard InChI is InChI=1S/C17H21N3O2/c1-13-10-16(20(2)11-15-12-21-8-9-22-15)19-17(18-13)14-6-4-3-5-7-14/h3-7,10,15H,8-9,11-12H2,1-2H3/t15-/m1/s1. The van der Waals surface area contributed by atoms with Crippen molar-refractivity contribution in [3.63, 3.8) is 0 Å². The molecule has 1 aliphatic heterocycles. The molecule has 3 rings (SSSR count). The molecule has 0 saturated carbocycles. The lowest BCUT2D eigenvalue weighted by atomic mass is 10.2. The first kappa shape index (κ1) is 14.9. The van der Waals surface area contributed by atoms with Crippen molar-refractivity contribution in [2.45, 2.75) is 13.0 Å². The fourth-order valence-electron chi connectivity index (χ4n) is 2.50. The van der Waals surface area contributed by atoms with Crippen LogP contribution < -0.4 is 4.90 Å². The topological polar surface area (TPSA) is 47.5 Å². The average Bonchev–Trinajstić information content (AvgIpc) is 2.56. The zero-order valence-corrected chi connectivity index (χ0v) is 13.0. The molecule has 5 nitrogen and oxygen atoms in total. The van der Waals surface area contributed by atoms with Gasteiger partial charge in [0.1, 0.15) is 5.82 Å². The molecule has 22 heavy (non-hydrogen) atoms. The number of aryl methyl sites for hydroxylation is 1. The molecular formula is C17H21N3O2. The van der Waals surface area contributed by atoms with Crippen LogP contribution in [0.25, 0.3) is 11.4 Å². The Bertz CT molecular complexity index is 613. The first-order valence-corrected chi connectivity index (χ1v) is 7.54. The lowest BCUT2D eigenvalue weighted by Crippen LogP contribution is -2.38. The van der Waals surface area contributed by atoms with Gasteiger partial charge in [-0.05, 0) is 6.92 Å². The van der Waals surface area contributed by atoms with Gasteiger partial charge in [-0.25, -0.2) is 9.97 Å². The minimum atomic E-state index is 0.0918. The maximum Gasteiger partial charge on any atom is 0.161 e. The molecule has 1 aromatic carbocycles. The molecule has 1 aromatic heterocycles. The minimum Gasteiger partial charge on any atom is -0.376 e. The Kier molecular flexibility index (Phi) is 4.65. The smallest absolute Gasteiger partial charge is 0.161 e. The number of aromatic nitrogens is 2. The van der Waals surface area contributed by atoms with Gasteiger partial charge in [-0.3, -0.25) is 0 Å². The van der Waals surface area contributed by atoms with Crippen LogP contribution >= 0.6 is 0 Å². The van der Waals surface area contributed by atoms with Crippen LogP contribution in [0.1, 0.15) is 5.69 Å². The van der Waals surface area contributed by atoms with Crippen LogP contribution in [0.2, 0.25) is 0 Å². The summed E-state index contributed by atoms with van der Waals surface area (Å²) in [6.45, 7) is 4.73. The third-order valence-electron chi connectivity index (χ3n) is 3.63. The van der Waals surface area contributed by atoms with E-state index < -0.39 is 0 Å². The van der Waals surface area contributed by atoms with E-state index in [4.69, 9.17) is 9.47 Å². The van der Waals surface area contributed by atoms with Gasteiger partial charge in [0.15, 0.2) is 5.82 Å². The van der Waals surface area contributed by atoms with Crippen LogP contribution in [0.4, 0.5) is 5.82 Å². The predicted molar refractivity (Wildman–Crippen MR) is 86.0 cm³/mol. The fourth-order valence-corrected chi connectivity index (χ4v) is 2.50. The highest BCUT2D eigenvalue weighted by atomic mass is 16.6. The highest BCUT2D eigenvalue weighted by Crippen LogP contribution is 2.19. The van der Waals surface area contributed by atoms with Crippen LogP contribution in [-0.2, 0) is 9.47 Å². The first-order valence-electron chi connectivity index (χ1n) is 7.54. The van der Waals surface area contributed by atoms with Gasteiger partial charge in [-0.1, -0.05) is 30.3 Å². The van der Waals surface area contributed by atoms with Crippen molar-refractivity contribution < 1.29 is 9.47 Å². The number of nitrogens with zero attached hydrogens (tertiary/aromatic N) is 3. The van der Waals surface area contributed by atoms with E-state index in [2.05, 4.69) is 14.9 Å². The highest BCUT2D eigenvalue weighted by Gasteiger charge is 2.18. The molecule has 2 heterocycles. The Balaban J connectivity index is 1.79. The summed E-state index contributed by atoms with van der Waals surface area (Å²) in [7, 11) is 2.02. The largest absolute Gasteiger partial charge is 0.376 e. The van der Waals surface area contributed by atoms with E-state index in [1.165, 1.54) is 0 Å². The van der Waals surface area contributed by atoms with Crippen LogP contribution in [0, 0.1) is 6.92 Å². The quantitative estimate of drug-likeness (QED) is 0.867. The van der Waals surface area contributed by atoms with Crippen molar-refractivity contribution in [1.82, 2.24) is 9.97 Å². The summed E-state index contributed by atoms with van der Waals surface area (Å²) in [5, 5.41) is 0. The van der Waals surface area contributed by atoms with Gasteiger partial charge < -0.3 is 14.4 Å². The highest BCUT2D eigenvalue weighted by molar-refractivity contribution is 5.57. The molecule has 0 unspecified atom stereocenters. The second kappa shape index (κ2) is 6.85. The summed E-state index contributed by atoms with van der Waals surface area (Å²) in [6, 6.07) is 12.0. The molecule has 0 bridgehead atoms. The lowest BCUT2D eigenvalue weighted by Gasteiger charge is -2.28. The van der Waals surface area contributed by atoms with Gasteiger partial charge in [0.25, 0.3) is 0 Å². The van der Waals surface area contributed by atoms with E-state index in [-0.39, 0.29) is 6.10 Å². The fraction of sp³-hybridized carbons (Fsp3) is 0.412. The minimum absolute atomic E-state index is 0.0918. The number of hydrogen-bond donors (Lipinski definition) is 0. The van der Waals surface area contributed by atoms with Gasteiger partial charge >= 0.3 is 0 Å². The Morgan fingerprint density at radius 2 is 2.00 bits per heavy atom. The third-order valence-corrected chi connectivity index (χ3v) is 3.63. The van der Waals surface area contributed by atoms with Crippen LogP contribution in [-0.4, -0.2) is 49.5 Å². The molecule has 0 amide bonds. The summed E-state index contributed by atoms with van der Waals surface area (Å²) >= 11 is 0. The summed E-state index contributed by atoms with van der Waals surface area (Å²) in [4.78, 5) is 11.3. The molecule has 1 aliphatic rings. The van der Waals surface area contributed by atoms with Crippen molar-refractivity contribution in [2.75, 3.05) is 38.3 Å². The van der Waals surface area contributed by atoms with Crippen LogP contribution in [0.5, 0.6) is 0 Å². The molecule has 1 saturated heterocycles. The first-order chi connectivity index (χ1) is 10.7. The average molecular weight is 299 g/mol. The molecule has 0 aliphatic carbocycles. The van der Waals surface area contributed by atoms with E-state index in [9.17, 15) is 0 Å². The third kappa shape index (κ3) is 3.61. The second-order valence-electron chi connectivity index (χ2n) is 5.51. The van der Waals surface area contributed by atoms with Crippen molar-refractivity contribution in [1.29, 1.82) is 0 Å². The molecule has 116 valence electrons. The number of anilines is 1. The summed E-state index contributed by atoms with van der Waals surface area (Å²) < 4.78 is 11.2. The maximum atomic E-state index is 5.71. The van der Waals surface area contributed by atoms with Gasteiger partial charge in [0.05, 0.1) is 25.9 Å². The second-order valence-corrected chi connectivity index (χ2v) is 5.51. The van der Waals surface area contributed by atoms with Gasteiger partial charge in [-0.15, -0.1) is 0 Å². The van der Waals surface area contributed by atoms with Crippen molar-refractivity contribution >= 4 is 5.82 Å². The molecule has 0 N–H and O–H groups in total. The summed E-state index contributed by atoms with van der Waals surface area (Å²) in [5.41, 5.74) is 1.98. The molecule has 0 spiro atoms. The van der Waals surface area contributed by atoms with Crippen molar-refractivity contribution in [3.8, 4) is 11.4 Å². The molecule has 1 fully saturated rings. The summed E-state index contributed by atoms with van der Waals surface area (Å²) in [5.74, 6) is 1.66. The zero-order valence-electron chi connectivity index (χ0n) is 13.0. The van der Waals surface area contributed by atoms with Crippen molar-refractivity contribution in [3.05, 3.63) is 42.1 Å². The van der Waals surface area contributed by atoms with E-state index in [0.717, 1.165) is 29.4 Å². The van der Waals surface area contributed by atoms with E-state index >= 15 is 0 Å². The summed E-state index contributed by atoms with van der Waals surface area (Å²) in [6.07, 6.45) is 0.0918. The molecular weight excluding hydrogens is 278 g/mol. The van der Waals surface area contributed by atoms with Crippen LogP contribution in [0.15, 0.2) is 36.4 Å². The Labute approximate surface area is 130 Å². The molecule has 2 aromatic rings.